The first kappa shape index (κ1) is 20.6. The van der Waals surface area contributed by atoms with Gasteiger partial charge >= 0.3 is 0 Å². The number of hydrogen-bond acceptors (Lipinski definition) is 4. The third-order valence-electron chi connectivity index (χ3n) is 4.16. The third-order valence-corrected chi connectivity index (χ3v) is 5.67. The summed E-state index contributed by atoms with van der Waals surface area (Å²) in [5.41, 5.74) is 1.82. The van der Waals surface area contributed by atoms with E-state index in [0.29, 0.717) is 17.3 Å². The Bertz CT molecular complexity index is 855. The maximum absolute atomic E-state index is 12.2. The molecule has 28 heavy (non-hydrogen) atoms. The summed E-state index contributed by atoms with van der Waals surface area (Å²) < 4.78 is 5.62. The van der Waals surface area contributed by atoms with Crippen molar-refractivity contribution in [2.45, 2.75) is 42.9 Å². The van der Waals surface area contributed by atoms with E-state index in [9.17, 15) is 9.59 Å². The number of hydrogen-bond donors (Lipinski definition) is 2. The first-order valence-corrected chi connectivity index (χ1v) is 10.5. The van der Waals surface area contributed by atoms with Gasteiger partial charge in [-0.05, 0) is 56.2 Å². The SMILES string of the molecule is CC(C)Oc1ccc(CCNC(=O)CC2Sc3ccc(Cl)cc3NC2=O)cc1. The molecular formula is C21H23ClN2O3S. The number of rotatable bonds is 7. The van der Waals surface area contributed by atoms with Crippen LogP contribution in [0, 0.1) is 0 Å². The first-order valence-electron chi connectivity index (χ1n) is 9.20. The van der Waals surface area contributed by atoms with Crippen molar-refractivity contribution < 1.29 is 14.3 Å². The Labute approximate surface area is 174 Å². The highest BCUT2D eigenvalue weighted by Crippen LogP contribution is 2.38. The second-order valence-electron chi connectivity index (χ2n) is 6.85. The van der Waals surface area contributed by atoms with E-state index in [-0.39, 0.29) is 24.3 Å². The van der Waals surface area contributed by atoms with Crippen LogP contribution >= 0.6 is 23.4 Å². The minimum Gasteiger partial charge on any atom is -0.491 e. The molecule has 0 aliphatic carbocycles. The fourth-order valence-electron chi connectivity index (χ4n) is 2.85. The zero-order valence-electron chi connectivity index (χ0n) is 15.8. The lowest BCUT2D eigenvalue weighted by Crippen LogP contribution is -2.35. The molecule has 5 nitrogen and oxygen atoms in total. The number of benzene rings is 2. The first-order chi connectivity index (χ1) is 13.4. The van der Waals surface area contributed by atoms with E-state index in [0.717, 1.165) is 22.6 Å². The standard InChI is InChI=1S/C21H23ClN2O3S/c1-13(2)27-16-6-3-14(4-7-16)9-10-23-20(25)12-19-21(26)24-17-11-15(22)5-8-18(17)28-19/h3-8,11,13,19H,9-10,12H2,1-2H3,(H,23,25)(H,24,26). The number of nitrogens with one attached hydrogen (secondary N) is 2. The van der Waals surface area contributed by atoms with Gasteiger partial charge in [0.15, 0.2) is 0 Å². The van der Waals surface area contributed by atoms with Gasteiger partial charge in [-0.15, -0.1) is 11.8 Å². The fraction of sp³-hybridized carbons (Fsp3) is 0.333. The van der Waals surface area contributed by atoms with Crippen molar-refractivity contribution in [3.05, 3.63) is 53.1 Å². The van der Waals surface area contributed by atoms with E-state index in [2.05, 4.69) is 10.6 Å². The molecule has 2 N–H and O–H groups in total. The van der Waals surface area contributed by atoms with Gasteiger partial charge in [-0.25, -0.2) is 0 Å². The summed E-state index contributed by atoms with van der Waals surface area (Å²) in [5, 5.41) is 5.84. The molecule has 2 aromatic carbocycles. The number of amides is 2. The van der Waals surface area contributed by atoms with Crippen LogP contribution < -0.4 is 15.4 Å². The van der Waals surface area contributed by atoms with Gasteiger partial charge < -0.3 is 15.4 Å². The molecule has 2 amide bonds. The van der Waals surface area contributed by atoms with Crippen LogP contribution in [0.15, 0.2) is 47.4 Å². The number of halogens is 1. The summed E-state index contributed by atoms with van der Waals surface area (Å²) in [4.78, 5) is 25.4. The van der Waals surface area contributed by atoms with Crippen molar-refractivity contribution in [3.8, 4) is 5.75 Å². The smallest absolute Gasteiger partial charge is 0.238 e. The van der Waals surface area contributed by atoms with Gasteiger partial charge in [-0.1, -0.05) is 23.7 Å². The number of carbonyl (C=O) groups is 2. The molecule has 0 saturated heterocycles. The largest absolute Gasteiger partial charge is 0.491 e. The van der Waals surface area contributed by atoms with Crippen LogP contribution in [-0.2, 0) is 16.0 Å². The number of ether oxygens (including phenoxy) is 1. The Hall–Kier alpha value is -2.18. The third kappa shape index (κ3) is 5.66. The van der Waals surface area contributed by atoms with Gasteiger partial charge in [0.25, 0.3) is 0 Å². The second kappa shape index (κ2) is 9.34. The number of fused-ring (bicyclic) bond motifs is 1. The molecule has 7 heteroatoms. The Balaban J connectivity index is 1.45. The van der Waals surface area contributed by atoms with E-state index in [1.54, 1.807) is 12.1 Å². The average molecular weight is 419 g/mol. The number of carbonyl (C=O) groups excluding carboxylic acids is 2. The van der Waals surface area contributed by atoms with Crippen molar-refractivity contribution >= 4 is 40.9 Å². The van der Waals surface area contributed by atoms with E-state index in [1.807, 2.05) is 44.2 Å². The molecule has 2 aromatic rings. The lowest BCUT2D eigenvalue weighted by atomic mass is 10.1. The van der Waals surface area contributed by atoms with Crippen LogP contribution in [0.4, 0.5) is 5.69 Å². The summed E-state index contributed by atoms with van der Waals surface area (Å²) in [6.45, 7) is 4.50. The Kier molecular flexibility index (Phi) is 6.86. The van der Waals surface area contributed by atoms with Crippen molar-refractivity contribution in [2.75, 3.05) is 11.9 Å². The molecule has 3 rings (SSSR count). The van der Waals surface area contributed by atoms with Crippen LogP contribution in [0.5, 0.6) is 5.75 Å². The summed E-state index contributed by atoms with van der Waals surface area (Å²) >= 11 is 7.34. The van der Waals surface area contributed by atoms with Gasteiger partial charge in [0.1, 0.15) is 5.75 Å². The average Bonchev–Trinajstić information content (AvgIpc) is 2.63. The maximum Gasteiger partial charge on any atom is 0.238 e. The molecule has 0 bridgehead atoms. The van der Waals surface area contributed by atoms with Gasteiger partial charge in [0.2, 0.25) is 11.8 Å². The molecule has 1 atom stereocenters. The lowest BCUT2D eigenvalue weighted by Gasteiger charge is -2.23. The molecule has 1 aliphatic heterocycles. The summed E-state index contributed by atoms with van der Waals surface area (Å²) in [6, 6.07) is 13.2. The minimum absolute atomic E-state index is 0.134. The quantitative estimate of drug-likeness (QED) is 0.703. The highest BCUT2D eigenvalue weighted by molar-refractivity contribution is 8.01. The van der Waals surface area contributed by atoms with Crippen LogP contribution in [0.1, 0.15) is 25.8 Å². The summed E-state index contributed by atoms with van der Waals surface area (Å²) in [5.74, 6) is 0.533. The second-order valence-corrected chi connectivity index (χ2v) is 8.53. The normalized spacial score (nSPS) is 15.7. The Morgan fingerprint density at radius 2 is 2.00 bits per heavy atom. The summed E-state index contributed by atoms with van der Waals surface area (Å²) in [7, 11) is 0. The zero-order chi connectivity index (χ0) is 20.1. The highest BCUT2D eigenvalue weighted by atomic mass is 35.5. The molecule has 148 valence electrons. The molecule has 0 radical (unpaired) electrons. The van der Waals surface area contributed by atoms with Crippen molar-refractivity contribution in [3.63, 3.8) is 0 Å². The van der Waals surface area contributed by atoms with Crippen LogP contribution in [0.3, 0.4) is 0 Å². The van der Waals surface area contributed by atoms with E-state index >= 15 is 0 Å². The van der Waals surface area contributed by atoms with Gasteiger partial charge in [0.05, 0.1) is 17.0 Å². The minimum atomic E-state index is -0.443. The van der Waals surface area contributed by atoms with Gasteiger partial charge in [-0.2, -0.15) is 0 Å². The number of anilines is 1. The van der Waals surface area contributed by atoms with Crippen LogP contribution in [0.2, 0.25) is 5.02 Å². The molecular weight excluding hydrogens is 396 g/mol. The lowest BCUT2D eigenvalue weighted by molar-refractivity contribution is -0.124. The molecule has 0 aromatic heterocycles. The van der Waals surface area contributed by atoms with Gasteiger partial charge in [-0.3, -0.25) is 9.59 Å². The topological polar surface area (TPSA) is 67.4 Å². The predicted octanol–water partition coefficient (Wildman–Crippen LogP) is 4.29. The monoisotopic (exact) mass is 418 g/mol. The number of thioether (sulfide) groups is 1. The van der Waals surface area contributed by atoms with Crippen LogP contribution in [0.25, 0.3) is 0 Å². The maximum atomic E-state index is 12.2. The predicted molar refractivity (Wildman–Crippen MR) is 113 cm³/mol. The molecule has 1 unspecified atom stereocenters. The molecule has 1 heterocycles. The van der Waals surface area contributed by atoms with Crippen molar-refractivity contribution in [1.82, 2.24) is 5.32 Å². The van der Waals surface area contributed by atoms with Crippen LogP contribution in [-0.4, -0.2) is 29.7 Å². The van der Waals surface area contributed by atoms with E-state index in [1.165, 1.54) is 11.8 Å². The summed E-state index contributed by atoms with van der Waals surface area (Å²) in [6.07, 6.45) is 1.00. The zero-order valence-corrected chi connectivity index (χ0v) is 17.4. The fourth-order valence-corrected chi connectivity index (χ4v) is 4.11. The Morgan fingerprint density at radius 3 is 2.71 bits per heavy atom. The van der Waals surface area contributed by atoms with Crippen molar-refractivity contribution in [1.29, 1.82) is 0 Å². The highest BCUT2D eigenvalue weighted by Gasteiger charge is 2.29. The molecule has 0 fully saturated rings. The van der Waals surface area contributed by atoms with E-state index in [4.69, 9.17) is 16.3 Å². The molecule has 0 saturated carbocycles. The van der Waals surface area contributed by atoms with Gasteiger partial charge in [0, 0.05) is 22.9 Å². The van der Waals surface area contributed by atoms with Crippen molar-refractivity contribution in [2.24, 2.45) is 0 Å². The molecule has 0 spiro atoms. The molecule has 1 aliphatic rings. The Morgan fingerprint density at radius 1 is 1.25 bits per heavy atom. The van der Waals surface area contributed by atoms with E-state index < -0.39 is 5.25 Å².